The molecule has 0 bridgehead atoms. The van der Waals surface area contributed by atoms with E-state index in [0.717, 1.165) is 0 Å². The lowest BCUT2D eigenvalue weighted by molar-refractivity contribution is -0.132. The van der Waals surface area contributed by atoms with Gasteiger partial charge in [-0.25, -0.2) is 4.79 Å². The van der Waals surface area contributed by atoms with Crippen molar-refractivity contribution in [3.05, 3.63) is 32.6 Å². The highest BCUT2D eigenvalue weighted by molar-refractivity contribution is 5.76. The van der Waals surface area contributed by atoms with E-state index in [1.54, 1.807) is 13.1 Å². The zero-order valence-corrected chi connectivity index (χ0v) is 9.84. The molecule has 0 radical (unpaired) electrons. The van der Waals surface area contributed by atoms with Crippen molar-refractivity contribution in [1.29, 1.82) is 5.26 Å². The SMILES string of the molecule is CN1CC(n2cc(C#N)c(=O)[nH]c2=O)CCC1=O. The summed E-state index contributed by atoms with van der Waals surface area (Å²) in [5.41, 5.74) is -1.33. The van der Waals surface area contributed by atoms with Gasteiger partial charge in [-0.2, -0.15) is 5.26 Å². The van der Waals surface area contributed by atoms with Gasteiger partial charge in [0.2, 0.25) is 5.91 Å². The Labute approximate surface area is 102 Å². The van der Waals surface area contributed by atoms with Crippen LogP contribution in [0.1, 0.15) is 24.4 Å². The summed E-state index contributed by atoms with van der Waals surface area (Å²) in [7, 11) is 1.66. The lowest BCUT2D eigenvalue weighted by atomic mass is 10.1. The Morgan fingerprint density at radius 3 is 2.78 bits per heavy atom. The molecule has 1 aliphatic rings. The number of likely N-dealkylation sites (N-methyl/N-ethyl adjacent to an activating group) is 1. The second-order valence-corrected chi connectivity index (χ2v) is 4.29. The molecule has 1 unspecified atom stereocenters. The summed E-state index contributed by atoms with van der Waals surface area (Å²) in [6.07, 6.45) is 2.14. The van der Waals surface area contributed by atoms with Crippen LogP contribution in [0.3, 0.4) is 0 Å². The average molecular weight is 248 g/mol. The number of nitrogens with zero attached hydrogens (tertiary/aromatic N) is 3. The molecule has 1 aliphatic heterocycles. The summed E-state index contributed by atoms with van der Waals surface area (Å²) in [4.78, 5) is 38.0. The summed E-state index contributed by atoms with van der Waals surface area (Å²) in [6.45, 7) is 0.398. The normalized spacial score (nSPS) is 19.7. The largest absolute Gasteiger partial charge is 0.344 e. The number of carbonyl (C=O) groups is 1. The summed E-state index contributed by atoms with van der Waals surface area (Å²) in [5.74, 6) is 0.0317. The molecule has 94 valence electrons. The standard InChI is InChI=1S/C11H12N4O3/c1-14-6-8(2-3-9(14)16)15-5-7(4-12)10(17)13-11(15)18/h5,8H,2-3,6H2,1H3,(H,13,17,18). The number of likely N-dealkylation sites (tertiary alicyclic amines) is 1. The predicted molar refractivity (Wildman–Crippen MR) is 61.9 cm³/mol. The van der Waals surface area contributed by atoms with Crippen LogP contribution in [0.15, 0.2) is 15.8 Å². The van der Waals surface area contributed by atoms with Crippen molar-refractivity contribution < 1.29 is 4.79 Å². The van der Waals surface area contributed by atoms with E-state index in [0.29, 0.717) is 19.4 Å². The van der Waals surface area contributed by atoms with E-state index in [9.17, 15) is 14.4 Å². The third kappa shape index (κ3) is 2.05. The number of nitrogens with one attached hydrogen (secondary N) is 1. The number of hydrogen-bond acceptors (Lipinski definition) is 4. The van der Waals surface area contributed by atoms with Gasteiger partial charge in [-0.05, 0) is 6.42 Å². The molecule has 1 atom stereocenters. The summed E-state index contributed by atoms with van der Waals surface area (Å²) >= 11 is 0. The summed E-state index contributed by atoms with van der Waals surface area (Å²) in [5, 5.41) is 8.78. The molecule has 1 aromatic heterocycles. The van der Waals surface area contributed by atoms with Gasteiger partial charge in [-0.3, -0.25) is 19.1 Å². The van der Waals surface area contributed by atoms with Crippen LogP contribution in [0.25, 0.3) is 0 Å². The Morgan fingerprint density at radius 2 is 2.17 bits per heavy atom. The third-order valence-electron chi connectivity index (χ3n) is 3.08. The van der Waals surface area contributed by atoms with E-state index >= 15 is 0 Å². The first-order valence-corrected chi connectivity index (χ1v) is 5.52. The molecule has 1 amide bonds. The molecule has 1 N–H and O–H groups in total. The third-order valence-corrected chi connectivity index (χ3v) is 3.08. The van der Waals surface area contributed by atoms with E-state index in [4.69, 9.17) is 5.26 Å². The zero-order chi connectivity index (χ0) is 13.3. The average Bonchev–Trinajstić information content (AvgIpc) is 2.33. The maximum Gasteiger partial charge on any atom is 0.328 e. The van der Waals surface area contributed by atoms with Crippen LogP contribution < -0.4 is 11.2 Å². The Bertz CT molecular complexity index is 637. The zero-order valence-electron chi connectivity index (χ0n) is 9.84. The molecule has 0 saturated carbocycles. The van der Waals surface area contributed by atoms with Crippen LogP contribution in [0, 0.1) is 11.3 Å². The monoisotopic (exact) mass is 248 g/mol. The molecule has 2 heterocycles. The highest BCUT2D eigenvalue weighted by Gasteiger charge is 2.25. The first-order chi connectivity index (χ1) is 8.52. The van der Waals surface area contributed by atoms with Gasteiger partial charge in [0.1, 0.15) is 11.6 Å². The molecule has 0 aromatic carbocycles. The van der Waals surface area contributed by atoms with Crippen molar-refractivity contribution in [3.8, 4) is 6.07 Å². The lowest BCUT2D eigenvalue weighted by Crippen LogP contribution is -2.42. The number of nitriles is 1. The summed E-state index contributed by atoms with van der Waals surface area (Å²) in [6, 6.07) is 1.53. The van der Waals surface area contributed by atoms with Crippen molar-refractivity contribution in [1.82, 2.24) is 14.5 Å². The Balaban J connectivity index is 2.41. The maximum absolute atomic E-state index is 11.7. The lowest BCUT2D eigenvalue weighted by Gasteiger charge is -2.30. The fourth-order valence-corrected chi connectivity index (χ4v) is 2.05. The number of hydrogen-bond donors (Lipinski definition) is 1. The molecule has 1 aromatic rings. The van der Waals surface area contributed by atoms with Crippen molar-refractivity contribution in [2.24, 2.45) is 0 Å². The molecule has 0 aliphatic carbocycles. The van der Waals surface area contributed by atoms with Gasteiger partial charge in [-0.15, -0.1) is 0 Å². The fourth-order valence-electron chi connectivity index (χ4n) is 2.05. The van der Waals surface area contributed by atoms with Crippen molar-refractivity contribution >= 4 is 5.91 Å². The number of rotatable bonds is 1. The molecular weight excluding hydrogens is 236 g/mol. The molecule has 7 nitrogen and oxygen atoms in total. The molecular formula is C11H12N4O3. The number of H-pyrrole nitrogens is 1. The Kier molecular flexibility index (Phi) is 3.02. The summed E-state index contributed by atoms with van der Waals surface area (Å²) < 4.78 is 1.32. The van der Waals surface area contributed by atoms with Crippen LogP contribution in [-0.2, 0) is 4.79 Å². The number of aromatic nitrogens is 2. The van der Waals surface area contributed by atoms with Crippen molar-refractivity contribution in [2.75, 3.05) is 13.6 Å². The van der Waals surface area contributed by atoms with Crippen LogP contribution in [0.5, 0.6) is 0 Å². The second-order valence-electron chi connectivity index (χ2n) is 4.29. The minimum absolute atomic E-state index is 0.0317. The second kappa shape index (κ2) is 4.49. The molecule has 1 saturated heterocycles. The van der Waals surface area contributed by atoms with Gasteiger partial charge in [-0.1, -0.05) is 0 Å². The van der Waals surface area contributed by atoms with Gasteiger partial charge in [0.05, 0.1) is 6.04 Å². The van der Waals surface area contributed by atoms with E-state index < -0.39 is 11.2 Å². The maximum atomic E-state index is 11.7. The smallest absolute Gasteiger partial charge is 0.328 e. The van der Waals surface area contributed by atoms with Gasteiger partial charge in [0.25, 0.3) is 5.56 Å². The number of carbonyl (C=O) groups excluding carboxylic acids is 1. The topological polar surface area (TPSA) is 99.0 Å². The highest BCUT2D eigenvalue weighted by Crippen LogP contribution is 2.19. The number of amides is 1. The van der Waals surface area contributed by atoms with Crippen LogP contribution in [0.2, 0.25) is 0 Å². The Hall–Kier alpha value is -2.36. The Morgan fingerprint density at radius 1 is 1.44 bits per heavy atom. The first-order valence-electron chi connectivity index (χ1n) is 5.52. The van der Waals surface area contributed by atoms with Crippen molar-refractivity contribution in [3.63, 3.8) is 0 Å². The van der Waals surface area contributed by atoms with E-state index in [-0.39, 0.29) is 17.5 Å². The van der Waals surface area contributed by atoms with E-state index in [1.807, 2.05) is 0 Å². The van der Waals surface area contributed by atoms with E-state index in [2.05, 4.69) is 4.98 Å². The molecule has 18 heavy (non-hydrogen) atoms. The molecule has 1 fully saturated rings. The quantitative estimate of drug-likeness (QED) is 0.703. The van der Waals surface area contributed by atoms with Gasteiger partial charge in [0, 0.05) is 26.2 Å². The fraction of sp³-hybridized carbons (Fsp3) is 0.455. The van der Waals surface area contributed by atoms with Gasteiger partial charge < -0.3 is 4.90 Å². The number of aromatic amines is 1. The van der Waals surface area contributed by atoms with Crippen LogP contribution >= 0.6 is 0 Å². The predicted octanol–water partition coefficient (Wildman–Crippen LogP) is -0.798. The van der Waals surface area contributed by atoms with Crippen LogP contribution in [-0.4, -0.2) is 34.0 Å². The minimum Gasteiger partial charge on any atom is -0.344 e. The minimum atomic E-state index is -0.681. The van der Waals surface area contributed by atoms with Gasteiger partial charge >= 0.3 is 5.69 Å². The van der Waals surface area contributed by atoms with Gasteiger partial charge in [0.15, 0.2) is 0 Å². The first kappa shape index (κ1) is 12.1. The molecule has 2 rings (SSSR count). The molecule has 0 spiro atoms. The van der Waals surface area contributed by atoms with Crippen molar-refractivity contribution in [2.45, 2.75) is 18.9 Å². The number of piperidine rings is 1. The highest BCUT2D eigenvalue weighted by atomic mass is 16.2. The van der Waals surface area contributed by atoms with E-state index in [1.165, 1.54) is 15.7 Å². The molecule has 7 heteroatoms. The van der Waals surface area contributed by atoms with Crippen LogP contribution in [0.4, 0.5) is 0 Å².